The van der Waals surface area contributed by atoms with E-state index in [1.807, 2.05) is 0 Å². The fraction of sp³-hybridized carbons (Fsp3) is 0.524. The first kappa shape index (κ1) is 17.3. The maximum Gasteiger partial charge on any atom is 0.149 e. The predicted octanol–water partition coefficient (Wildman–Crippen LogP) is 3.46. The Bertz CT molecular complexity index is 805. The van der Waals surface area contributed by atoms with Crippen molar-refractivity contribution in [1.82, 2.24) is 15.1 Å². The molecule has 1 aromatic carbocycles. The SMILES string of the molecule is COc1ccc2c(c1-c1nnc(N[C@@H]3CCCN(C)C3)cc1C)CCC2. The minimum Gasteiger partial charge on any atom is -0.496 e. The summed E-state index contributed by atoms with van der Waals surface area (Å²) in [7, 11) is 3.91. The molecule has 1 fully saturated rings. The monoisotopic (exact) mass is 352 g/mol. The van der Waals surface area contributed by atoms with Crippen LogP contribution in [-0.2, 0) is 12.8 Å². The molecule has 5 nitrogen and oxygen atoms in total. The van der Waals surface area contributed by atoms with Crippen molar-refractivity contribution in [3.63, 3.8) is 0 Å². The Hall–Kier alpha value is -2.14. The third-order valence-electron chi connectivity index (χ3n) is 5.66. The number of anilines is 1. The molecule has 1 aliphatic heterocycles. The van der Waals surface area contributed by atoms with Crippen LogP contribution in [0.25, 0.3) is 11.3 Å². The van der Waals surface area contributed by atoms with Gasteiger partial charge >= 0.3 is 0 Å². The van der Waals surface area contributed by atoms with Crippen molar-refractivity contribution in [3.05, 3.63) is 34.9 Å². The summed E-state index contributed by atoms with van der Waals surface area (Å²) >= 11 is 0. The van der Waals surface area contributed by atoms with Crippen LogP contribution in [0.4, 0.5) is 5.82 Å². The fourth-order valence-electron chi connectivity index (χ4n) is 4.37. The summed E-state index contributed by atoms with van der Waals surface area (Å²) in [6, 6.07) is 6.85. The van der Waals surface area contributed by atoms with Gasteiger partial charge in [-0.25, -0.2) is 0 Å². The summed E-state index contributed by atoms with van der Waals surface area (Å²) < 4.78 is 5.65. The second-order valence-electron chi connectivity index (χ2n) is 7.64. The van der Waals surface area contributed by atoms with Gasteiger partial charge in [-0.1, -0.05) is 6.07 Å². The maximum atomic E-state index is 5.65. The van der Waals surface area contributed by atoms with Crippen molar-refractivity contribution in [1.29, 1.82) is 0 Å². The number of aryl methyl sites for hydroxylation is 2. The van der Waals surface area contributed by atoms with E-state index in [4.69, 9.17) is 4.74 Å². The molecule has 2 aromatic rings. The highest BCUT2D eigenvalue weighted by Crippen LogP contribution is 2.39. The number of benzene rings is 1. The van der Waals surface area contributed by atoms with Gasteiger partial charge in [-0.2, -0.15) is 0 Å². The number of hydrogen-bond acceptors (Lipinski definition) is 5. The van der Waals surface area contributed by atoms with Crippen LogP contribution < -0.4 is 10.1 Å². The fourth-order valence-corrected chi connectivity index (χ4v) is 4.37. The molecule has 0 bridgehead atoms. The van der Waals surface area contributed by atoms with Crippen LogP contribution in [0.15, 0.2) is 18.2 Å². The first-order valence-electron chi connectivity index (χ1n) is 9.64. The van der Waals surface area contributed by atoms with Crippen molar-refractivity contribution < 1.29 is 4.74 Å². The topological polar surface area (TPSA) is 50.3 Å². The van der Waals surface area contributed by atoms with Crippen LogP contribution in [-0.4, -0.2) is 48.4 Å². The number of aromatic nitrogens is 2. The number of rotatable bonds is 4. The van der Waals surface area contributed by atoms with Crippen LogP contribution in [0, 0.1) is 6.92 Å². The van der Waals surface area contributed by atoms with Crippen LogP contribution >= 0.6 is 0 Å². The lowest BCUT2D eigenvalue weighted by Gasteiger charge is -2.30. The molecule has 0 unspecified atom stereocenters. The molecule has 0 radical (unpaired) electrons. The Morgan fingerprint density at radius 3 is 2.85 bits per heavy atom. The lowest BCUT2D eigenvalue weighted by atomic mass is 9.97. The first-order chi connectivity index (χ1) is 12.7. The molecular weight excluding hydrogens is 324 g/mol. The quantitative estimate of drug-likeness (QED) is 0.913. The largest absolute Gasteiger partial charge is 0.496 e. The number of nitrogens with one attached hydrogen (secondary N) is 1. The van der Waals surface area contributed by atoms with Crippen LogP contribution in [0.5, 0.6) is 5.75 Å². The molecule has 2 heterocycles. The number of fused-ring (bicyclic) bond motifs is 1. The maximum absolute atomic E-state index is 5.65. The van der Waals surface area contributed by atoms with Crippen LogP contribution in [0.1, 0.15) is 36.0 Å². The van der Waals surface area contributed by atoms with E-state index >= 15 is 0 Å². The van der Waals surface area contributed by atoms with E-state index in [0.717, 1.165) is 47.8 Å². The molecule has 1 aliphatic carbocycles. The average Bonchev–Trinajstić information content (AvgIpc) is 3.10. The molecule has 1 atom stereocenters. The Balaban J connectivity index is 1.64. The highest BCUT2D eigenvalue weighted by molar-refractivity contribution is 5.76. The van der Waals surface area contributed by atoms with E-state index in [1.165, 1.54) is 36.9 Å². The van der Waals surface area contributed by atoms with Crippen LogP contribution in [0.3, 0.4) is 0 Å². The standard InChI is InChI=1S/C21H28N4O/c1-14-12-19(22-16-7-5-11-25(2)13-16)23-24-21(14)20-17-8-4-6-15(17)9-10-18(20)26-3/h9-10,12,16H,4-8,11,13H2,1-3H3,(H,22,23)/t16-/m1/s1. The third-order valence-corrected chi connectivity index (χ3v) is 5.66. The van der Waals surface area contributed by atoms with Crippen LogP contribution in [0.2, 0.25) is 0 Å². The van der Waals surface area contributed by atoms with Gasteiger partial charge < -0.3 is 15.0 Å². The molecule has 0 saturated carbocycles. The molecule has 138 valence electrons. The second-order valence-corrected chi connectivity index (χ2v) is 7.64. The van der Waals surface area contributed by atoms with Gasteiger partial charge in [-0.3, -0.25) is 0 Å². The zero-order chi connectivity index (χ0) is 18.1. The molecule has 26 heavy (non-hydrogen) atoms. The smallest absolute Gasteiger partial charge is 0.149 e. The summed E-state index contributed by atoms with van der Waals surface area (Å²) in [6.45, 7) is 4.36. The number of methoxy groups -OCH3 is 1. The lowest BCUT2D eigenvalue weighted by Crippen LogP contribution is -2.39. The Labute approximate surface area is 155 Å². The summed E-state index contributed by atoms with van der Waals surface area (Å²) in [5.41, 5.74) is 6.04. The Morgan fingerprint density at radius 1 is 1.19 bits per heavy atom. The number of ether oxygens (including phenoxy) is 1. The number of nitrogens with zero attached hydrogens (tertiary/aromatic N) is 3. The number of likely N-dealkylation sites (N-methyl/N-ethyl adjacent to an activating group) is 1. The molecule has 2 aliphatic rings. The molecule has 4 rings (SSSR count). The van der Waals surface area contributed by atoms with Crippen molar-refractivity contribution in [2.24, 2.45) is 0 Å². The van der Waals surface area contributed by atoms with Gasteiger partial charge in [-0.05, 0) is 81.4 Å². The normalized spacial score (nSPS) is 20.0. The van der Waals surface area contributed by atoms with E-state index in [2.05, 4.69) is 52.6 Å². The van der Waals surface area contributed by atoms with E-state index in [0.29, 0.717) is 6.04 Å². The number of likely N-dealkylation sites (tertiary alicyclic amines) is 1. The van der Waals surface area contributed by atoms with Gasteiger partial charge in [0.25, 0.3) is 0 Å². The van der Waals surface area contributed by atoms with Gasteiger partial charge in [0, 0.05) is 18.2 Å². The lowest BCUT2D eigenvalue weighted by molar-refractivity contribution is 0.260. The van der Waals surface area contributed by atoms with E-state index in [-0.39, 0.29) is 0 Å². The third kappa shape index (κ3) is 3.28. The predicted molar refractivity (Wildman–Crippen MR) is 105 cm³/mol. The van der Waals surface area contributed by atoms with Gasteiger partial charge in [0.1, 0.15) is 17.3 Å². The molecule has 1 aromatic heterocycles. The highest BCUT2D eigenvalue weighted by Gasteiger charge is 2.23. The molecule has 1 saturated heterocycles. The van der Waals surface area contributed by atoms with Crippen molar-refractivity contribution in [2.75, 3.05) is 32.6 Å². The van der Waals surface area contributed by atoms with Gasteiger partial charge in [-0.15, -0.1) is 10.2 Å². The number of hydrogen-bond donors (Lipinski definition) is 1. The number of piperidine rings is 1. The molecule has 1 N–H and O–H groups in total. The van der Waals surface area contributed by atoms with Gasteiger partial charge in [0.15, 0.2) is 0 Å². The second kappa shape index (κ2) is 7.23. The zero-order valence-electron chi connectivity index (χ0n) is 16.0. The zero-order valence-corrected chi connectivity index (χ0v) is 16.0. The van der Waals surface area contributed by atoms with E-state index < -0.39 is 0 Å². The summed E-state index contributed by atoms with van der Waals surface area (Å²) in [5.74, 6) is 1.77. The Morgan fingerprint density at radius 2 is 2.08 bits per heavy atom. The molecule has 5 heteroatoms. The van der Waals surface area contributed by atoms with E-state index in [9.17, 15) is 0 Å². The molecule has 0 spiro atoms. The minimum atomic E-state index is 0.448. The average molecular weight is 352 g/mol. The summed E-state index contributed by atoms with van der Waals surface area (Å²) in [4.78, 5) is 2.37. The summed E-state index contributed by atoms with van der Waals surface area (Å²) in [5, 5.41) is 12.7. The first-order valence-corrected chi connectivity index (χ1v) is 9.64. The van der Waals surface area contributed by atoms with Crippen molar-refractivity contribution in [3.8, 4) is 17.0 Å². The van der Waals surface area contributed by atoms with Gasteiger partial charge in [0.2, 0.25) is 0 Å². The highest BCUT2D eigenvalue weighted by atomic mass is 16.5. The van der Waals surface area contributed by atoms with Crippen molar-refractivity contribution in [2.45, 2.75) is 45.1 Å². The minimum absolute atomic E-state index is 0.448. The summed E-state index contributed by atoms with van der Waals surface area (Å²) in [6.07, 6.45) is 5.86. The van der Waals surface area contributed by atoms with Crippen molar-refractivity contribution >= 4 is 5.82 Å². The molecule has 0 amide bonds. The van der Waals surface area contributed by atoms with E-state index in [1.54, 1.807) is 7.11 Å². The molecular formula is C21H28N4O. The van der Waals surface area contributed by atoms with Gasteiger partial charge in [0.05, 0.1) is 7.11 Å². The Kier molecular flexibility index (Phi) is 4.81.